The van der Waals surface area contributed by atoms with E-state index in [0.717, 1.165) is 49.6 Å². The average Bonchev–Trinajstić information content (AvgIpc) is 3.69. The summed E-state index contributed by atoms with van der Waals surface area (Å²) in [6.07, 6.45) is 6.34. The van der Waals surface area contributed by atoms with Crippen molar-refractivity contribution in [3.05, 3.63) is 115 Å². The van der Waals surface area contributed by atoms with Crippen LogP contribution in [0, 0.1) is 0 Å². The van der Waals surface area contributed by atoms with E-state index in [-0.39, 0.29) is 6.71 Å². The first-order chi connectivity index (χ1) is 25.3. The average molecular weight is 655 g/mol. The molecule has 10 aromatic rings. The zero-order valence-corrected chi connectivity index (χ0v) is 28.9. The summed E-state index contributed by atoms with van der Waals surface area (Å²) in [5.41, 5.74) is 16.6. The molecule has 0 amide bonds. The van der Waals surface area contributed by atoms with Gasteiger partial charge < -0.3 is 9.13 Å². The van der Waals surface area contributed by atoms with Gasteiger partial charge in [-0.25, -0.2) is 0 Å². The molecule has 0 saturated heterocycles. The van der Waals surface area contributed by atoms with Crippen LogP contribution in [0.2, 0.25) is 0 Å². The van der Waals surface area contributed by atoms with Crippen molar-refractivity contribution < 1.29 is 0 Å². The van der Waals surface area contributed by atoms with Gasteiger partial charge in [-0.05, 0) is 66.3 Å². The number of fused-ring (bicyclic) bond motifs is 12. The molecule has 0 N–H and O–H groups in total. The summed E-state index contributed by atoms with van der Waals surface area (Å²) in [5.74, 6) is 0. The molecule has 0 atom stereocenters. The van der Waals surface area contributed by atoms with Crippen LogP contribution in [0.25, 0.3) is 87.6 Å². The van der Waals surface area contributed by atoms with E-state index in [1.165, 1.54) is 104 Å². The van der Waals surface area contributed by atoms with E-state index in [4.69, 9.17) is 9.97 Å². The summed E-state index contributed by atoms with van der Waals surface area (Å²) in [5, 5.41) is 10.5. The van der Waals surface area contributed by atoms with Crippen LogP contribution in [0.3, 0.4) is 0 Å². The van der Waals surface area contributed by atoms with Gasteiger partial charge in [-0.15, -0.1) is 0 Å². The van der Waals surface area contributed by atoms with Gasteiger partial charge in [0, 0.05) is 54.1 Å². The molecular weight excluding hydrogens is 619 g/mol. The highest BCUT2D eigenvalue weighted by atomic mass is 15.0. The fourth-order valence-corrected chi connectivity index (χ4v) is 10.2. The predicted octanol–water partition coefficient (Wildman–Crippen LogP) is 9.40. The third kappa shape index (κ3) is 3.33. The second kappa shape index (κ2) is 9.98. The van der Waals surface area contributed by atoms with Crippen molar-refractivity contribution in [3.8, 4) is 11.4 Å². The first kappa shape index (κ1) is 28.1. The monoisotopic (exact) mass is 654 g/mol. The lowest BCUT2D eigenvalue weighted by Crippen LogP contribution is -2.59. The molecule has 4 nitrogen and oxygen atoms in total. The summed E-state index contributed by atoms with van der Waals surface area (Å²) in [6, 6.07) is 38.7. The number of para-hydroxylation sites is 4. The Labute approximate surface area is 295 Å². The summed E-state index contributed by atoms with van der Waals surface area (Å²) in [6.45, 7) is 4.67. The van der Waals surface area contributed by atoms with E-state index < -0.39 is 0 Å². The molecule has 6 heterocycles. The maximum Gasteiger partial charge on any atom is 0.252 e. The molecule has 0 bridgehead atoms. The van der Waals surface area contributed by atoms with Crippen molar-refractivity contribution in [2.45, 2.75) is 52.4 Å². The largest absolute Gasteiger partial charge is 0.309 e. The van der Waals surface area contributed by atoms with Crippen molar-refractivity contribution in [2.75, 3.05) is 0 Å². The highest BCUT2D eigenvalue weighted by Gasteiger charge is 2.43. The van der Waals surface area contributed by atoms with Crippen LogP contribution in [-0.4, -0.2) is 25.8 Å². The molecule has 2 aliphatic rings. The number of pyridine rings is 2. The number of aromatic nitrogens is 4. The van der Waals surface area contributed by atoms with Crippen LogP contribution in [0.5, 0.6) is 0 Å². The summed E-state index contributed by atoms with van der Waals surface area (Å²) >= 11 is 0. The molecule has 4 aromatic heterocycles. The third-order valence-electron chi connectivity index (χ3n) is 12.2. The van der Waals surface area contributed by atoms with Crippen LogP contribution in [0.1, 0.15) is 50.9 Å². The van der Waals surface area contributed by atoms with Gasteiger partial charge in [0.2, 0.25) is 0 Å². The fraction of sp³-hybridized carbons (Fsp3) is 0.174. The van der Waals surface area contributed by atoms with Gasteiger partial charge in [0.15, 0.2) is 0 Å². The number of nitrogens with zero attached hydrogens (tertiary/aromatic N) is 4. The summed E-state index contributed by atoms with van der Waals surface area (Å²) < 4.78 is 5.29. The van der Waals surface area contributed by atoms with E-state index in [0.29, 0.717) is 0 Å². The van der Waals surface area contributed by atoms with Crippen LogP contribution < -0.4 is 16.4 Å². The number of aryl methyl sites for hydroxylation is 2. The Hall–Kier alpha value is -5.68. The Morgan fingerprint density at radius 2 is 0.961 bits per heavy atom. The van der Waals surface area contributed by atoms with Gasteiger partial charge in [-0.2, -0.15) is 0 Å². The summed E-state index contributed by atoms with van der Waals surface area (Å²) in [7, 11) is 0. The highest BCUT2D eigenvalue weighted by molar-refractivity contribution is 7.00. The normalized spacial score (nSPS) is 13.3. The second-order valence-electron chi connectivity index (χ2n) is 14.9. The van der Waals surface area contributed by atoms with E-state index in [2.05, 4.69) is 126 Å². The number of unbranched alkanes of at least 4 members (excludes halogenated alkanes) is 2. The van der Waals surface area contributed by atoms with Crippen molar-refractivity contribution >= 4 is 99.3 Å². The molecule has 2 aliphatic heterocycles. The van der Waals surface area contributed by atoms with Gasteiger partial charge in [0.25, 0.3) is 6.71 Å². The number of rotatable bonds is 6. The molecule has 0 radical (unpaired) electrons. The van der Waals surface area contributed by atoms with Gasteiger partial charge in [0.1, 0.15) is 0 Å². The Bertz CT molecular complexity index is 2930. The molecule has 0 spiro atoms. The standard InChI is InChI=1S/C46H35BN4/c1-3-5-20-34-39-41-38-32(48-34)22-13-23-33(38)49-35(21-6-4-2)40(41)46-42-45(39)50-36-24-9-7-14-26(36)28-16-11-18-30(43(28)50)47(42)31-19-12-17-29-27-15-8-10-25-37(27)51(46)44(29)31/h7-19,22-25H,3-6,20-21H2,1-2H3. The Morgan fingerprint density at radius 1 is 0.490 bits per heavy atom. The Kier molecular flexibility index (Phi) is 5.49. The smallest absolute Gasteiger partial charge is 0.252 e. The van der Waals surface area contributed by atoms with Crippen LogP contribution >= 0.6 is 0 Å². The lowest BCUT2D eigenvalue weighted by atomic mass is 9.34. The molecule has 6 aromatic carbocycles. The number of hydrogen-bond acceptors (Lipinski definition) is 2. The fourth-order valence-electron chi connectivity index (χ4n) is 10.2. The third-order valence-corrected chi connectivity index (χ3v) is 12.2. The lowest BCUT2D eigenvalue weighted by molar-refractivity contribution is 0.782. The minimum absolute atomic E-state index is 0.0796. The quantitative estimate of drug-likeness (QED) is 0.132. The molecule has 242 valence electrons. The van der Waals surface area contributed by atoms with Crippen molar-refractivity contribution in [2.24, 2.45) is 0 Å². The molecule has 51 heavy (non-hydrogen) atoms. The van der Waals surface area contributed by atoms with Crippen LogP contribution in [-0.2, 0) is 12.8 Å². The number of benzene rings is 6. The van der Waals surface area contributed by atoms with E-state index >= 15 is 0 Å². The predicted molar refractivity (Wildman–Crippen MR) is 216 cm³/mol. The molecule has 12 rings (SSSR count). The molecule has 0 aliphatic carbocycles. The highest BCUT2D eigenvalue weighted by Crippen LogP contribution is 2.47. The van der Waals surface area contributed by atoms with Crippen molar-refractivity contribution in [1.82, 2.24) is 19.1 Å². The van der Waals surface area contributed by atoms with Gasteiger partial charge in [0.05, 0.1) is 44.8 Å². The van der Waals surface area contributed by atoms with Gasteiger partial charge in [-0.1, -0.05) is 106 Å². The minimum Gasteiger partial charge on any atom is -0.309 e. The first-order valence-electron chi connectivity index (χ1n) is 18.9. The molecular formula is C46H35BN4. The van der Waals surface area contributed by atoms with Crippen LogP contribution in [0.4, 0.5) is 0 Å². The van der Waals surface area contributed by atoms with E-state index in [1.54, 1.807) is 0 Å². The lowest BCUT2D eigenvalue weighted by Gasteiger charge is -2.36. The maximum absolute atomic E-state index is 5.59. The SMILES string of the molecule is CCCCc1nc2cccc3nc(CCCC)c4c5c6c(c1c4c23)-n1c2ccccc2c2cccc(c21)B6c1cccc2c3ccccc3n-5c12. The molecule has 0 saturated carbocycles. The van der Waals surface area contributed by atoms with Crippen LogP contribution in [0.15, 0.2) is 103 Å². The Balaban J connectivity index is 1.45. The minimum atomic E-state index is 0.0796. The van der Waals surface area contributed by atoms with E-state index in [9.17, 15) is 0 Å². The van der Waals surface area contributed by atoms with Crippen molar-refractivity contribution in [3.63, 3.8) is 0 Å². The first-order valence-corrected chi connectivity index (χ1v) is 18.9. The Morgan fingerprint density at radius 3 is 1.47 bits per heavy atom. The zero-order valence-electron chi connectivity index (χ0n) is 28.9. The van der Waals surface area contributed by atoms with Gasteiger partial charge in [-0.3, -0.25) is 9.97 Å². The van der Waals surface area contributed by atoms with E-state index in [1.807, 2.05) is 0 Å². The zero-order chi connectivity index (χ0) is 33.5. The number of hydrogen-bond donors (Lipinski definition) is 0. The maximum atomic E-state index is 5.59. The summed E-state index contributed by atoms with van der Waals surface area (Å²) in [4.78, 5) is 11.2. The van der Waals surface area contributed by atoms with Gasteiger partial charge >= 0.3 is 0 Å². The molecule has 5 heteroatoms. The second-order valence-corrected chi connectivity index (χ2v) is 14.9. The van der Waals surface area contributed by atoms with Crippen molar-refractivity contribution in [1.29, 1.82) is 0 Å². The molecule has 0 unspecified atom stereocenters. The topological polar surface area (TPSA) is 35.6 Å². The molecule has 0 fully saturated rings.